The molecule has 0 aliphatic heterocycles. The van der Waals surface area contributed by atoms with Gasteiger partial charge in [-0.3, -0.25) is 0 Å². The summed E-state index contributed by atoms with van der Waals surface area (Å²) in [5.41, 5.74) is 0.924. The maximum atomic E-state index is 12.4. The fourth-order valence-electron chi connectivity index (χ4n) is 2.81. The van der Waals surface area contributed by atoms with E-state index in [9.17, 15) is 8.42 Å². The molecule has 1 aromatic carbocycles. The topological polar surface area (TPSA) is 58.2 Å². The van der Waals surface area contributed by atoms with Gasteiger partial charge in [-0.15, -0.1) is 0 Å². The van der Waals surface area contributed by atoms with Gasteiger partial charge in [0.2, 0.25) is 10.0 Å². The lowest BCUT2D eigenvalue weighted by atomic mass is 10.0. The maximum Gasteiger partial charge on any atom is 0.242 e. The largest absolute Gasteiger partial charge is 0.387 e. The van der Waals surface area contributed by atoms with E-state index in [-0.39, 0.29) is 5.41 Å². The molecule has 2 aliphatic carbocycles. The summed E-state index contributed by atoms with van der Waals surface area (Å²) in [4.78, 5) is 0.337. The van der Waals surface area contributed by atoms with Gasteiger partial charge in [0.25, 0.3) is 0 Å². The van der Waals surface area contributed by atoms with Gasteiger partial charge in [-0.2, -0.15) is 0 Å². The second kappa shape index (κ2) is 4.49. The van der Waals surface area contributed by atoms with E-state index in [1.807, 2.05) is 6.07 Å². The molecule has 2 fully saturated rings. The lowest BCUT2D eigenvalue weighted by Crippen LogP contribution is -2.31. The highest BCUT2D eigenvalue weighted by Gasteiger charge is 2.53. The maximum absolute atomic E-state index is 12.4. The highest BCUT2D eigenvalue weighted by molar-refractivity contribution is 7.89. The molecule has 0 atom stereocenters. The fraction of sp³-hybridized carbons (Fsp3) is 0.571. The molecule has 2 saturated carbocycles. The number of hydrogen-bond donors (Lipinski definition) is 2. The van der Waals surface area contributed by atoms with Crippen molar-refractivity contribution in [1.82, 2.24) is 4.72 Å². The Morgan fingerprint density at radius 2 is 1.95 bits per heavy atom. The third kappa shape index (κ3) is 2.49. The van der Waals surface area contributed by atoms with E-state index >= 15 is 0 Å². The van der Waals surface area contributed by atoms with Crippen LogP contribution in [0, 0.1) is 11.3 Å². The molecule has 2 N–H and O–H groups in total. The minimum atomic E-state index is -3.41. The van der Waals surface area contributed by atoms with Crippen molar-refractivity contribution in [2.24, 2.45) is 11.3 Å². The summed E-state index contributed by atoms with van der Waals surface area (Å²) in [5.74, 6) is 0.759. The van der Waals surface area contributed by atoms with Gasteiger partial charge in [0.15, 0.2) is 0 Å². The van der Waals surface area contributed by atoms with Crippen molar-refractivity contribution in [2.45, 2.75) is 30.6 Å². The fourth-order valence-corrected chi connectivity index (χ4v) is 4.16. The van der Waals surface area contributed by atoms with E-state index in [0.29, 0.717) is 17.1 Å². The summed E-state index contributed by atoms with van der Waals surface area (Å²) in [6.07, 6.45) is 4.89. The Morgan fingerprint density at radius 1 is 1.26 bits per heavy atom. The molecule has 0 spiro atoms. The standard InChI is InChI=1S/C14H20N2O2S/c1-15-12-4-2-3-5-13(12)19(17,18)16-10-14(8-9-14)11-6-7-11/h2-5,11,15-16H,6-10H2,1H3. The molecule has 2 aliphatic rings. The molecule has 3 rings (SSSR count). The first-order valence-corrected chi connectivity index (χ1v) is 8.32. The van der Waals surface area contributed by atoms with Crippen LogP contribution in [0.5, 0.6) is 0 Å². The summed E-state index contributed by atoms with van der Waals surface area (Å²) < 4.78 is 27.6. The Kier molecular flexibility index (Phi) is 3.06. The molecule has 0 heterocycles. The second-order valence-electron chi connectivity index (χ2n) is 5.71. The third-order valence-electron chi connectivity index (χ3n) is 4.40. The van der Waals surface area contributed by atoms with Gasteiger partial charge in [0, 0.05) is 13.6 Å². The van der Waals surface area contributed by atoms with Crippen molar-refractivity contribution < 1.29 is 8.42 Å². The monoisotopic (exact) mass is 280 g/mol. The molecule has 0 bridgehead atoms. The van der Waals surface area contributed by atoms with Gasteiger partial charge in [-0.1, -0.05) is 12.1 Å². The SMILES string of the molecule is CNc1ccccc1S(=O)(=O)NCC1(C2CC2)CC1. The molecule has 1 aromatic rings. The van der Waals surface area contributed by atoms with Crippen LogP contribution in [0.15, 0.2) is 29.2 Å². The van der Waals surface area contributed by atoms with E-state index in [2.05, 4.69) is 10.0 Å². The van der Waals surface area contributed by atoms with Crippen LogP contribution in [0.2, 0.25) is 0 Å². The van der Waals surface area contributed by atoms with Gasteiger partial charge < -0.3 is 5.32 Å². The summed E-state index contributed by atoms with van der Waals surface area (Å²) >= 11 is 0. The van der Waals surface area contributed by atoms with E-state index in [1.165, 1.54) is 25.7 Å². The van der Waals surface area contributed by atoms with Crippen LogP contribution in [0.4, 0.5) is 5.69 Å². The first-order valence-electron chi connectivity index (χ1n) is 6.84. The minimum Gasteiger partial charge on any atom is -0.387 e. The molecule has 0 aromatic heterocycles. The number of para-hydroxylation sites is 1. The average molecular weight is 280 g/mol. The Bertz CT molecular complexity index is 575. The van der Waals surface area contributed by atoms with E-state index in [1.54, 1.807) is 25.2 Å². The number of anilines is 1. The van der Waals surface area contributed by atoms with E-state index in [0.717, 1.165) is 5.92 Å². The number of rotatable bonds is 6. The summed E-state index contributed by atoms with van der Waals surface area (Å²) in [7, 11) is -1.68. The molecule has 0 amide bonds. The zero-order valence-corrected chi connectivity index (χ0v) is 12.0. The third-order valence-corrected chi connectivity index (χ3v) is 5.86. The second-order valence-corrected chi connectivity index (χ2v) is 7.44. The van der Waals surface area contributed by atoms with Crippen molar-refractivity contribution in [1.29, 1.82) is 0 Å². The molecule has 0 radical (unpaired) electrons. The summed E-state index contributed by atoms with van der Waals surface area (Å²) in [5, 5.41) is 2.93. The van der Waals surface area contributed by atoms with Gasteiger partial charge >= 0.3 is 0 Å². The van der Waals surface area contributed by atoms with Gasteiger partial charge in [0.1, 0.15) is 4.90 Å². The Labute approximate surface area is 114 Å². The van der Waals surface area contributed by atoms with Crippen LogP contribution in [-0.4, -0.2) is 22.0 Å². The van der Waals surface area contributed by atoms with Crippen molar-refractivity contribution in [3.8, 4) is 0 Å². The van der Waals surface area contributed by atoms with Crippen LogP contribution in [-0.2, 0) is 10.0 Å². The Hall–Kier alpha value is -1.07. The van der Waals surface area contributed by atoms with Crippen molar-refractivity contribution in [2.75, 3.05) is 18.9 Å². The van der Waals surface area contributed by atoms with Crippen molar-refractivity contribution in [3.05, 3.63) is 24.3 Å². The predicted octanol–water partition coefficient (Wildman–Crippen LogP) is 2.20. The highest BCUT2D eigenvalue weighted by Crippen LogP contribution is 2.60. The van der Waals surface area contributed by atoms with Gasteiger partial charge in [-0.05, 0) is 49.1 Å². The molecular formula is C14H20N2O2S. The number of sulfonamides is 1. The summed E-state index contributed by atoms with van der Waals surface area (Å²) in [6, 6.07) is 7.01. The molecule has 4 nitrogen and oxygen atoms in total. The first-order chi connectivity index (χ1) is 9.07. The minimum absolute atomic E-state index is 0.279. The zero-order chi connectivity index (χ0) is 13.5. The van der Waals surface area contributed by atoms with Crippen molar-refractivity contribution >= 4 is 15.7 Å². The number of hydrogen-bond acceptors (Lipinski definition) is 3. The average Bonchev–Trinajstić information content (AvgIpc) is 3.28. The zero-order valence-electron chi connectivity index (χ0n) is 11.1. The van der Waals surface area contributed by atoms with Crippen LogP contribution < -0.4 is 10.0 Å². The van der Waals surface area contributed by atoms with Crippen molar-refractivity contribution in [3.63, 3.8) is 0 Å². The molecule has 19 heavy (non-hydrogen) atoms. The quantitative estimate of drug-likeness (QED) is 0.840. The number of benzene rings is 1. The Balaban J connectivity index is 1.75. The predicted molar refractivity (Wildman–Crippen MR) is 75.6 cm³/mol. The molecule has 0 saturated heterocycles. The van der Waals surface area contributed by atoms with Crippen LogP contribution >= 0.6 is 0 Å². The smallest absolute Gasteiger partial charge is 0.242 e. The van der Waals surface area contributed by atoms with E-state index < -0.39 is 10.0 Å². The summed E-state index contributed by atoms with van der Waals surface area (Å²) in [6.45, 7) is 0.595. The van der Waals surface area contributed by atoms with Crippen LogP contribution in [0.3, 0.4) is 0 Å². The molecule has 5 heteroatoms. The van der Waals surface area contributed by atoms with Gasteiger partial charge in [-0.25, -0.2) is 13.1 Å². The first kappa shape index (κ1) is 12.9. The van der Waals surface area contributed by atoms with Gasteiger partial charge in [0.05, 0.1) is 5.69 Å². The van der Waals surface area contributed by atoms with E-state index in [4.69, 9.17) is 0 Å². The van der Waals surface area contributed by atoms with Crippen LogP contribution in [0.1, 0.15) is 25.7 Å². The lowest BCUT2D eigenvalue weighted by Gasteiger charge is -2.16. The number of nitrogens with one attached hydrogen (secondary N) is 2. The molecule has 0 unspecified atom stereocenters. The lowest BCUT2D eigenvalue weighted by molar-refractivity contribution is 0.432. The normalized spacial score (nSPS) is 21.1. The van der Waals surface area contributed by atoms with Crippen LogP contribution in [0.25, 0.3) is 0 Å². The molecular weight excluding hydrogens is 260 g/mol. The Morgan fingerprint density at radius 3 is 2.53 bits per heavy atom. The molecule has 104 valence electrons. The highest BCUT2D eigenvalue weighted by atomic mass is 32.2.